The van der Waals surface area contributed by atoms with E-state index in [0.29, 0.717) is 38.8 Å². The summed E-state index contributed by atoms with van der Waals surface area (Å²) in [5, 5.41) is 3.51. The lowest BCUT2D eigenvalue weighted by Crippen LogP contribution is -2.40. The van der Waals surface area contributed by atoms with Crippen LogP contribution in [0.25, 0.3) is 0 Å². The fraction of sp³-hybridized carbons (Fsp3) is 0.292. The zero-order valence-corrected chi connectivity index (χ0v) is 17.8. The van der Waals surface area contributed by atoms with Gasteiger partial charge in [0.1, 0.15) is 0 Å². The molecule has 0 aromatic heterocycles. The number of benzene rings is 2. The maximum absolute atomic E-state index is 13.3. The van der Waals surface area contributed by atoms with Gasteiger partial charge in [0.05, 0.1) is 27.6 Å². The van der Waals surface area contributed by atoms with E-state index in [2.05, 4.69) is 17.5 Å². The molecule has 1 aliphatic heterocycles. The normalized spacial score (nSPS) is 32.1. The van der Waals surface area contributed by atoms with E-state index in [9.17, 15) is 14.4 Å². The van der Waals surface area contributed by atoms with Crippen molar-refractivity contribution in [3.05, 3.63) is 70.2 Å². The van der Waals surface area contributed by atoms with Crippen molar-refractivity contribution in [1.29, 1.82) is 0 Å². The van der Waals surface area contributed by atoms with Gasteiger partial charge in [0, 0.05) is 11.3 Å². The Bertz CT molecular complexity index is 1160. The molecule has 1 N–H and O–H groups in total. The van der Waals surface area contributed by atoms with Crippen molar-refractivity contribution in [3.63, 3.8) is 0 Å². The molecule has 2 aromatic rings. The predicted molar refractivity (Wildman–Crippen MR) is 118 cm³/mol. The van der Waals surface area contributed by atoms with Crippen LogP contribution in [0.5, 0.6) is 0 Å². The fourth-order valence-corrected chi connectivity index (χ4v) is 6.07. The standard InChI is InChI=1S/C24H18Cl2N2O3/c25-18-7-4-12(9-19(18)26)27-22(29)11-2-1-3-13(8-11)28-23(30)20-14-5-6-15(17-10-16(14)17)21(20)24(28)31/h1-9,14-17,20-21H,10H2,(H,27,29)/t14-,15-,16-,17-,20+,21+/m1/s1. The van der Waals surface area contributed by atoms with Crippen molar-refractivity contribution in [2.24, 2.45) is 35.5 Å². The van der Waals surface area contributed by atoms with Crippen LogP contribution >= 0.6 is 23.2 Å². The van der Waals surface area contributed by atoms with Gasteiger partial charge in [0.15, 0.2) is 0 Å². The molecule has 6 atom stereocenters. The topological polar surface area (TPSA) is 66.5 Å². The summed E-state index contributed by atoms with van der Waals surface area (Å²) < 4.78 is 0. The van der Waals surface area contributed by atoms with E-state index in [1.165, 1.54) is 4.90 Å². The van der Waals surface area contributed by atoms with Gasteiger partial charge < -0.3 is 5.32 Å². The second-order valence-corrected chi connectivity index (χ2v) is 9.61. The molecule has 156 valence electrons. The van der Waals surface area contributed by atoms with E-state index in [1.54, 1.807) is 42.5 Å². The number of hydrogen-bond donors (Lipinski definition) is 1. The van der Waals surface area contributed by atoms with Gasteiger partial charge in [-0.3, -0.25) is 14.4 Å². The number of carbonyl (C=O) groups is 3. The molecular weight excluding hydrogens is 435 g/mol. The van der Waals surface area contributed by atoms with Crippen LogP contribution in [-0.4, -0.2) is 17.7 Å². The highest BCUT2D eigenvalue weighted by molar-refractivity contribution is 6.42. The second-order valence-electron chi connectivity index (χ2n) is 8.80. The first-order chi connectivity index (χ1) is 14.9. The smallest absolute Gasteiger partial charge is 0.255 e. The quantitative estimate of drug-likeness (QED) is 0.536. The molecule has 0 radical (unpaired) electrons. The minimum Gasteiger partial charge on any atom is -0.322 e. The first kappa shape index (κ1) is 19.1. The molecule has 3 fully saturated rings. The average molecular weight is 453 g/mol. The van der Waals surface area contributed by atoms with E-state index in [0.717, 1.165) is 6.42 Å². The molecule has 1 saturated heterocycles. The highest BCUT2D eigenvalue weighted by Gasteiger charge is 2.67. The number of anilines is 2. The van der Waals surface area contributed by atoms with Gasteiger partial charge in [0.25, 0.3) is 5.91 Å². The summed E-state index contributed by atoms with van der Waals surface area (Å²) in [6, 6.07) is 11.5. The van der Waals surface area contributed by atoms with Gasteiger partial charge in [-0.2, -0.15) is 0 Å². The molecule has 4 aliphatic carbocycles. The van der Waals surface area contributed by atoms with Crippen LogP contribution < -0.4 is 10.2 Å². The maximum atomic E-state index is 13.3. The Kier molecular flexibility index (Phi) is 4.11. The Balaban J connectivity index is 1.28. The van der Waals surface area contributed by atoms with Gasteiger partial charge >= 0.3 is 0 Å². The van der Waals surface area contributed by atoms with Gasteiger partial charge in [0.2, 0.25) is 11.8 Å². The number of allylic oxidation sites excluding steroid dienone is 2. The number of rotatable bonds is 3. The molecule has 0 unspecified atom stereocenters. The highest BCUT2D eigenvalue weighted by atomic mass is 35.5. The van der Waals surface area contributed by atoms with E-state index in [1.807, 2.05) is 0 Å². The summed E-state index contributed by atoms with van der Waals surface area (Å²) in [7, 11) is 0. The Labute approximate surface area is 189 Å². The zero-order valence-electron chi connectivity index (χ0n) is 16.3. The van der Waals surface area contributed by atoms with Crippen LogP contribution in [0.2, 0.25) is 10.0 Å². The van der Waals surface area contributed by atoms with Crippen molar-refractivity contribution in [3.8, 4) is 0 Å². The SMILES string of the molecule is O=C(Nc1ccc(Cl)c(Cl)c1)c1cccc(N2C(=O)[C@H]3[C@@H]4C=C[C@H]([C@H]5C[C@H]45)[C@@H]3C2=O)c1. The third-order valence-electron chi connectivity index (χ3n) is 7.21. The van der Waals surface area contributed by atoms with Crippen LogP contribution in [0.4, 0.5) is 11.4 Å². The number of hydrogen-bond acceptors (Lipinski definition) is 3. The van der Waals surface area contributed by atoms with Crippen LogP contribution in [0.15, 0.2) is 54.6 Å². The minimum absolute atomic E-state index is 0.137. The first-order valence-electron chi connectivity index (χ1n) is 10.4. The maximum Gasteiger partial charge on any atom is 0.255 e. The molecule has 31 heavy (non-hydrogen) atoms. The van der Waals surface area contributed by atoms with Gasteiger partial charge in [-0.15, -0.1) is 0 Å². The number of nitrogens with zero attached hydrogens (tertiary/aromatic N) is 1. The van der Waals surface area contributed by atoms with Gasteiger partial charge in [-0.25, -0.2) is 4.90 Å². The summed E-state index contributed by atoms with van der Waals surface area (Å²) in [5.41, 5.74) is 1.30. The van der Waals surface area contributed by atoms with E-state index in [-0.39, 0.29) is 41.4 Å². The lowest BCUT2D eigenvalue weighted by Gasteiger charge is -2.37. The van der Waals surface area contributed by atoms with E-state index >= 15 is 0 Å². The Morgan fingerprint density at radius 2 is 1.58 bits per heavy atom. The molecule has 1 heterocycles. The molecule has 3 amide bonds. The molecule has 7 rings (SSSR count). The lowest BCUT2D eigenvalue weighted by atomic mass is 9.63. The average Bonchev–Trinajstić information content (AvgIpc) is 3.54. The predicted octanol–water partition coefficient (Wildman–Crippen LogP) is 4.80. The largest absolute Gasteiger partial charge is 0.322 e. The molecule has 5 nitrogen and oxygen atoms in total. The van der Waals surface area contributed by atoms with Crippen molar-refractivity contribution < 1.29 is 14.4 Å². The van der Waals surface area contributed by atoms with Crippen LogP contribution in [0, 0.1) is 35.5 Å². The summed E-state index contributed by atoms with van der Waals surface area (Å²) in [5.74, 6) is 0.279. The summed E-state index contributed by atoms with van der Waals surface area (Å²) in [6.45, 7) is 0. The molecule has 5 aliphatic rings. The molecular formula is C24H18Cl2N2O3. The zero-order chi connectivity index (χ0) is 21.4. The number of imide groups is 1. The Morgan fingerprint density at radius 3 is 2.23 bits per heavy atom. The third kappa shape index (κ3) is 2.80. The monoisotopic (exact) mass is 452 g/mol. The van der Waals surface area contributed by atoms with Crippen molar-refractivity contribution in [2.45, 2.75) is 6.42 Å². The Morgan fingerprint density at radius 1 is 0.903 bits per heavy atom. The van der Waals surface area contributed by atoms with Gasteiger partial charge in [-0.05, 0) is 66.5 Å². The molecule has 7 heteroatoms. The first-order valence-corrected chi connectivity index (χ1v) is 11.1. The summed E-state index contributed by atoms with van der Waals surface area (Å²) in [4.78, 5) is 40.6. The number of carbonyl (C=O) groups excluding carboxylic acids is 3. The van der Waals surface area contributed by atoms with E-state index < -0.39 is 0 Å². The number of amides is 3. The third-order valence-corrected chi connectivity index (χ3v) is 7.95. The fourth-order valence-electron chi connectivity index (χ4n) is 5.77. The lowest BCUT2D eigenvalue weighted by molar-refractivity contribution is -0.124. The summed E-state index contributed by atoms with van der Waals surface area (Å²) >= 11 is 11.9. The van der Waals surface area contributed by atoms with Crippen molar-refractivity contribution in [2.75, 3.05) is 10.2 Å². The van der Waals surface area contributed by atoms with Crippen molar-refractivity contribution >= 4 is 52.3 Å². The molecule has 2 saturated carbocycles. The van der Waals surface area contributed by atoms with Crippen LogP contribution in [0.3, 0.4) is 0 Å². The second kappa shape index (κ2) is 6.68. The van der Waals surface area contributed by atoms with Crippen molar-refractivity contribution in [1.82, 2.24) is 0 Å². The Hall–Kier alpha value is -2.63. The minimum atomic E-state index is -0.361. The highest BCUT2D eigenvalue weighted by Crippen LogP contribution is 2.65. The number of nitrogens with one attached hydrogen (secondary N) is 1. The molecule has 0 spiro atoms. The molecule has 2 bridgehead atoms. The van der Waals surface area contributed by atoms with Crippen LogP contribution in [0.1, 0.15) is 16.8 Å². The van der Waals surface area contributed by atoms with Crippen LogP contribution in [-0.2, 0) is 9.59 Å². The van der Waals surface area contributed by atoms with E-state index in [4.69, 9.17) is 23.2 Å². The summed E-state index contributed by atoms with van der Waals surface area (Å²) in [6.07, 6.45) is 5.42. The van der Waals surface area contributed by atoms with Gasteiger partial charge in [-0.1, -0.05) is 41.4 Å². The molecule has 2 aromatic carbocycles. The number of halogens is 2.